The maximum atomic E-state index is 9.75. The van der Waals surface area contributed by atoms with Crippen LogP contribution >= 0.6 is 0 Å². The van der Waals surface area contributed by atoms with E-state index in [2.05, 4.69) is 12.2 Å². The van der Waals surface area contributed by atoms with E-state index >= 15 is 0 Å². The van der Waals surface area contributed by atoms with Crippen molar-refractivity contribution in [2.24, 2.45) is 5.92 Å². The van der Waals surface area contributed by atoms with Gasteiger partial charge in [0.05, 0.1) is 0 Å². The normalized spacial score (nSPS) is 17.7. The Hall–Kier alpha value is -1.02. The fraction of sp³-hybridized carbons (Fsp3) is 0.538. The Balaban J connectivity index is 2.00. The third-order valence-electron chi connectivity index (χ3n) is 3.07. The molecule has 2 N–H and O–H groups in total. The van der Waals surface area contributed by atoms with E-state index in [9.17, 15) is 5.11 Å². The van der Waals surface area contributed by atoms with Crippen molar-refractivity contribution in [1.29, 1.82) is 0 Å². The lowest BCUT2D eigenvalue weighted by atomic mass is 10.0. The zero-order valence-electron chi connectivity index (χ0n) is 9.24. The van der Waals surface area contributed by atoms with Gasteiger partial charge in [0.2, 0.25) is 0 Å². The fourth-order valence-electron chi connectivity index (χ4n) is 1.89. The predicted molar refractivity (Wildman–Crippen MR) is 61.9 cm³/mol. The van der Waals surface area contributed by atoms with Gasteiger partial charge in [-0.1, -0.05) is 25.1 Å². The van der Waals surface area contributed by atoms with Gasteiger partial charge in [-0.05, 0) is 37.8 Å². The van der Waals surface area contributed by atoms with Gasteiger partial charge in [-0.3, -0.25) is 0 Å². The minimum atomic E-state index is 0.298. The number of hydrogen-bond donors (Lipinski definition) is 2. The van der Waals surface area contributed by atoms with E-state index in [1.807, 2.05) is 18.2 Å². The van der Waals surface area contributed by atoms with Crippen LogP contribution in [0.25, 0.3) is 0 Å². The summed E-state index contributed by atoms with van der Waals surface area (Å²) in [4.78, 5) is 0. The molecule has 2 nitrogen and oxygen atoms in total. The fourth-order valence-corrected chi connectivity index (χ4v) is 1.89. The van der Waals surface area contributed by atoms with E-state index in [4.69, 9.17) is 0 Å². The molecule has 0 bridgehead atoms. The van der Waals surface area contributed by atoms with Gasteiger partial charge in [0.1, 0.15) is 5.75 Å². The third-order valence-corrected chi connectivity index (χ3v) is 3.07. The van der Waals surface area contributed by atoms with E-state index in [0.29, 0.717) is 11.8 Å². The smallest absolute Gasteiger partial charge is 0.120 e. The number of phenolic OH excluding ortho intramolecular Hbond substituents is 1. The van der Waals surface area contributed by atoms with E-state index in [1.54, 1.807) is 6.07 Å². The molecular formula is C13H19NO. The topological polar surface area (TPSA) is 32.3 Å². The Labute approximate surface area is 91.3 Å². The molecule has 0 aromatic heterocycles. The summed E-state index contributed by atoms with van der Waals surface area (Å²) >= 11 is 0. The first-order valence-electron chi connectivity index (χ1n) is 5.82. The Morgan fingerprint density at radius 1 is 1.40 bits per heavy atom. The van der Waals surface area contributed by atoms with Crippen molar-refractivity contribution in [3.63, 3.8) is 0 Å². The molecule has 1 aromatic carbocycles. The molecule has 0 saturated heterocycles. The molecule has 0 heterocycles. The SMILES string of the molecule is CC[C@H](NCC1CC1)c1ccccc1O. The van der Waals surface area contributed by atoms with Crippen molar-refractivity contribution in [2.75, 3.05) is 6.54 Å². The van der Waals surface area contributed by atoms with Crippen LogP contribution in [0.3, 0.4) is 0 Å². The standard InChI is InChI=1S/C13H19NO/c1-2-12(14-9-10-7-8-10)11-5-3-4-6-13(11)15/h3-6,10,12,14-15H,2,7-9H2,1H3/t12-/m0/s1. The molecule has 0 amide bonds. The van der Waals surface area contributed by atoms with Crippen molar-refractivity contribution < 1.29 is 5.11 Å². The average Bonchev–Trinajstić information content (AvgIpc) is 3.05. The van der Waals surface area contributed by atoms with Crippen molar-refractivity contribution in [3.8, 4) is 5.75 Å². The Morgan fingerprint density at radius 2 is 2.13 bits per heavy atom. The third kappa shape index (κ3) is 2.72. The summed E-state index contributed by atoms with van der Waals surface area (Å²) in [5.41, 5.74) is 1.03. The van der Waals surface area contributed by atoms with Crippen LogP contribution in [0.15, 0.2) is 24.3 Å². The molecule has 1 saturated carbocycles. The van der Waals surface area contributed by atoms with Gasteiger partial charge in [0.15, 0.2) is 0 Å². The molecule has 2 heteroatoms. The summed E-state index contributed by atoms with van der Waals surface area (Å²) in [5.74, 6) is 1.29. The first-order chi connectivity index (χ1) is 7.31. The second-order valence-electron chi connectivity index (χ2n) is 4.37. The lowest BCUT2D eigenvalue weighted by Gasteiger charge is -2.18. The number of hydrogen-bond acceptors (Lipinski definition) is 2. The number of nitrogens with one attached hydrogen (secondary N) is 1. The lowest BCUT2D eigenvalue weighted by Crippen LogP contribution is -2.23. The first kappa shape index (κ1) is 10.5. The van der Waals surface area contributed by atoms with Gasteiger partial charge in [0.25, 0.3) is 0 Å². The van der Waals surface area contributed by atoms with Crippen molar-refractivity contribution >= 4 is 0 Å². The minimum absolute atomic E-state index is 0.298. The number of benzene rings is 1. The van der Waals surface area contributed by atoms with E-state index in [0.717, 1.165) is 24.4 Å². The van der Waals surface area contributed by atoms with Crippen molar-refractivity contribution in [1.82, 2.24) is 5.32 Å². The zero-order chi connectivity index (χ0) is 10.7. The van der Waals surface area contributed by atoms with Crippen LogP contribution in [-0.2, 0) is 0 Å². The highest BCUT2D eigenvalue weighted by Crippen LogP contribution is 2.30. The average molecular weight is 205 g/mol. The number of rotatable bonds is 5. The van der Waals surface area contributed by atoms with E-state index < -0.39 is 0 Å². The van der Waals surface area contributed by atoms with E-state index in [1.165, 1.54) is 12.8 Å². The Morgan fingerprint density at radius 3 is 2.73 bits per heavy atom. The van der Waals surface area contributed by atoms with Crippen molar-refractivity contribution in [2.45, 2.75) is 32.2 Å². The molecule has 1 atom stereocenters. The number of aromatic hydroxyl groups is 1. The van der Waals surface area contributed by atoms with Gasteiger partial charge in [-0.25, -0.2) is 0 Å². The van der Waals surface area contributed by atoms with Crippen LogP contribution in [0.2, 0.25) is 0 Å². The highest BCUT2D eigenvalue weighted by molar-refractivity contribution is 5.34. The summed E-state index contributed by atoms with van der Waals surface area (Å²) in [5, 5.41) is 13.3. The first-order valence-corrected chi connectivity index (χ1v) is 5.82. The van der Waals surface area contributed by atoms with Crippen LogP contribution in [0.1, 0.15) is 37.8 Å². The zero-order valence-corrected chi connectivity index (χ0v) is 9.24. The molecule has 0 radical (unpaired) electrons. The molecule has 0 unspecified atom stereocenters. The van der Waals surface area contributed by atoms with Crippen LogP contribution in [0.5, 0.6) is 5.75 Å². The molecule has 82 valence electrons. The summed E-state index contributed by atoms with van der Waals surface area (Å²) in [7, 11) is 0. The van der Waals surface area contributed by atoms with Gasteiger partial charge in [-0.2, -0.15) is 0 Å². The molecule has 0 aliphatic heterocycles. The monoisotopic (exact) mass is 205 g/mol. The molecule has 2 rings (SSSR count). The highest BCUT2D eigenvalue weighted by Gasteiger charge is 2.22. The molecule has 1 fully saturated rings. The van der Waals surface area contributed by atoms with Crippen LogP contribution in [0.4, 0.5) is 0 Å². The molecule has 1 aromatic rings. The Kier molecular flexibility index (Phi) is 3.27. The summed E-state index contributed by atoms with van der Waals surface area (Å²) in [6.07, 6.45) is 3.75. The van der Waals surface area contributed by atoms with Crippen molar-refractivity contribution in [3.05, 3.63) is 29.8 Å². The molecule has 15 heavy (non-hydrogen) atoms. The lowest BCUT2D eigenvalue weighted by molar-refractivity contribution is 0.438. The maximum Gasteiger partial charge on any atom is 0.120 e. The predicted octanol–water partition coefficient (Wildman–Crippen LogP) is 2.84. The summed E-state index contributed by atoms with van der Waals surface area (Å²) < 4.78 is 0. The molecular weight excluding hydrogens is 186 g/mol. The Bertz CT molecular complexity index is 320. The molecule has 0 spiro atoms. The second kappa shape index (κ2) is 4.67. The number of para-hydroxylation sites is 1. The van der Waals surface area contributed by atoms with Gasteiger partial charge in [-0.15, -0.1) is 0 Å². The van der Waals surface area contributed by atoms with Gasteiger partial charge < -0.3 is 10.4 Å². The minimum Gasteiger partial charge on any atom is -0.508 e. The summed E-state index contributed by atoms with van der Waals surface area (Å²) in [6, 6.07) is 7.91. The largest absolute Gasteiger partial charge is 0.508 e. The second-order valence-corrected chi connectivity index (χ2v) is 4.37. The summed E-state index contributed by atoms with van der Waals surface area (Å²) in [6.45, 7) is 3.24. The van der Waals surface area contributed by atoms with Gasteiger partial charge in [0, 0.05) is 11.6 Å². The number of phenols is 1. The molecule has 1 aliphatic rings. The highest BCUT2D eigenvalue weighted by atomic mass is 16.3. The van der Waals surface area contributed by atoms with E-state index in [-0.39, 0.29) is 0 Å². The van der Waals surface area contributed by atoms with Crippen LogP contribution in [0, 0.1) is 5.92 Å². The quantitative estimate of drug-likeness (QED) is 0.774. The molecule has 1 aliphatic carbocycles. The van der Waals surface area contributed by atoms with Gasteiger partial charge >= 0.3 is 0 Å². The van der Waals surface area contributed by atoms with Crippen LogP contribution in [-0.4, -0.2) is 11.7 Å². The van der Waals surface area contributed by atoms with Crippen LogP contribution < -0.4 is 5.32 Å². The maximum absolute atomic E-state index is 9.75.